The Morgan fingerprint density at radius 1 is 0.527 bits per heavy atom. The molecule has 0 N–H and O–H groups in total. The second-order valence-electron chi connectivity index (χ2n) is 19.3. The number of carbonyl (C=O) groups is 4. The summed E-state index contributed by atoms with van der Waals surface area (Å²) in [5.74, 6) is 3.45. The Morgan fingerprint density at radius 2 is 0.905 bits per heavy atom. The quantitative estimate of drug-likeness (QED) is 0.0190. The van der Waals surface area contributed by atoms with Gasteiger partial charge in [0.15, 0.2) is 12.2 Å². The predicted octanol–water partition coefficient (Wildman–Crippen LogP) is 12.1. The molecule has 2 unspecified atom stereocenters. The maximum atomic E-state index is 11.2. The largest absolute Gasteiger partial charge is 0.494 e. The van der Waals surface area contributed by atoms with Crippen LogP contribution in [0.2, 0.25) is 0 Å². The molecule has 2 aromatic carbocycles. The molecule has 3 heterocycles. The zero-order valence-corrected chi connectivity index (χ0v) is 45.2. The third-order valence-electron chi connectivity index (χ3n) is 12.5. The highest BCUT2D eigenvalue weighted by atomic mass is 16.6. The lowest BCUT2D eigenvalue weighted by Crippen LogP contribution is -2.12. The molecule has 0 radical (unpaired) electrons. The summed E-state index contributed by atoms with van der Waals surface area (Å²) in [6, 6.07) is 16.0. The molecule has 14 heteroatoms. The maximum Gasteiger partial charge on any atom is 0.337 e. The van der Waals surface area contributed by atoms with Gasteiger partial charge in [0.25, 0.3) is 0 Å². The van der Waals surface area contributed by atoms with Crippen molar-refractivity contribution in [2.75, 3.05) is 52.9 Å². The van der Waals surface area contributed by atoms with E-state index in [9.17, 15) is 19.2 Å². The summed E-state index contributed by atoms with van der Waals surface area (Å²) in [6.07, 6.45) is 28.4. The summed E-state index contributed by atoms with van der Waals surface area (Å²) in [6.45, 7) is 19.5. The van der Waals surface area contributed by atoms with Gasteiger partial charge in [0.05, 0.1) is 52.9 Å². The van der Waals surface area contributed by atoms with E-state index in [1.54, 1.807) is 0 Å². The van der Waals surface area contributed by atoms with Gasteiger partial charge in [0.2, 0.25) is 0 Å². The molecule has 3 aromatic rings. The summed E-state index contributed by atoms with van der Waals surface area (Å²) in [5.41, 5.74) is 3.66. The van der Waals surface area contributed by atoms with Crippen LogP contribution in [0.15, 0.2) is 86.2 Å². The Hall–Kier alpha value is -5.60. The topological polar surface area (TPSA) is 174 Å². The predicted molar refractivity (Wildman–Crippen MR) is 288 cm³/mol. The minimum Gasteiger partial charge on any atom is -0.494 e. The van der Waals surface area contributed by atoms with E-state index in [2.05, 4.69) is 37.0 Å². The molecule has 0 amide bonds. The van der Waals surface area contributed by atoms with Crippen molar-refractivity contribution in [1.82, 2.24) is 9.97 Å². The molecule has 1 aromatic heterocycles. The molecule has 2 atom stereocenters. The highest BCUT2D eigenvalue weighted by molar-refractivity contribution is 5.81. The first-order valence-electron chi connectivity index (χ1n) is 27.3. The van der Waals surface area contributed by atoms with Crippen LogP contribution in [0.25, 0.3) is 0 Å². The summed E-state index contributed by atoms with van der Waals surface area (Å²) in [4.78, 5) is 52.2. The van der Waals surface area contributed by atoms with E-state index < -0.39 is 0 Å². The SMILES string of the molecule is C=CC(=O)OCCCCCC1CCC(C)CC1.C=CC(=O)OCCCCCOc1ccc(C)cc1.Cc1ccc(OCCCCCOC(=O)C2CO2)cc1.Cc1ncc(CCCCCCCOC(=O)C2CO2)cn1. The first kappa shape index (κ1) is 62.7. The number of carbonyl (C=O) groups excluding carboxylic acids is 4. The summed E-state index contributed by atoms with van der Waals surface area (Å²) < 4.78 is 40.8. The van der Waals surface area contributed by atoms with Crippen molar-refractivity contribution in [3.05, 3.63) is 109 Å². The molecule has 0 bridgehead atoms. The average molecular weight is 1030 g/mol. The molecule has 1 saturated carbocycles. The van der Waals surface area contributed by atoms with E-state index in [0.717, 1.165) is 99.8 Å². The Bertz CT molecular complexity index is 1980. The number of hydrogen-bond donors (Lipinski definition) is 0. The Morgan fingerprint density at radius 3 is 1.34 bits per heavy atom. The Balaban J connectivity index is 0.000000261. The van der Waals surface area contributed by atoms with Crippen LogP contribution < -0.4 is 9.47 Å². The number of esters is 4. The van der Waals surface area contributed by atoms with Crippen LogP contribution in [0.5, 0.6) is 11.5 Å². The molecule has 2 aliphatic heterocycles. The van der Waals surface area contributed by atoms with Crippen LogP contribution in [0.1, 0.15) is 151 Å². The second kappa shape index (κ2) is 39.8. The third kappa shape index (κ3) is 33.3. The molecule has 14 nitrogen and oxygen atoms in total. The fourth-order valence-corrected chi connectivity index (χ4v) is 7.61. The first-order chi connectivity index (χ1) is 35.9. The number of hydrogen-bond acceptors (Lipinski definition) is 14. The van der Waals surface area contributed by atoms with E-state index >= 15 is 0 Å². The summed E-state index contributed by atoms with van der Waals surface area (Å²) >= 11 is 0. The number of unbranched alkanes of at least 4 members (excludes halogenated alkanes) is 10. The van der Waals surface area contributed by atoms with E-state index in [0.29, 0.717) is 52.9 Å². The van der Waals surface area contributed by atoms with Gasteiger partial charge in [-0.3, -0.25) is 0 Å². The zero-order chi connectivity index (χ0) is 53.4. The fourth-order valence-electron chi connectivity index (χ4n) is 7.61. The zero-order valence-electron chi connectivity index (χ0n) is 45.2. The van der Waals surface area contributed by atoms with Crippen LogP contribution in [0.3, 0.4) is 0 Å². The van der Waals surface area contributed by atoms with Gasteiger partial charge >= 0.3 is 23.9 Å². The molecule has 410 valence electrons. The van der Waals surface area contributed by atoms with Crippen molar-refractivity contribution in [2.24, 2.45) is 11.8 Å². The number of ether oxygens (including phenoxy) is 8. The smallest absolute Gasteiger partial charge is 0.337 e. The second-order valence-corrected chi connectivity index (χ2v) is 19.3. The molecule has 0 spiro atoms. The van der Waals surface area contributed by atoms with Crippen molar-refractivity contribution < 1.29 is 57.1 Å². The van der Waals surface area contributed by atoms with Gasteiger partial charge in [0.1, 0.15) is 17.3 Å². The Kier molecular flexibility index (Phi) is 33.7. The van der Waals surface area contributed by atoms with Crippen molar-refractivity contribution in [3.8, 4) is 11.5 Å². The minimum absolute atomic E-state index is 0.204. The Labute approximate surface area is 442 Å². The van der Waals surface area contributed by atoms with Crippen molar-refractivity contribution >= 4 is 23.9 Å². The number of aromatic nitrogens is 2. The van der Waals surface area contributed by atoms with E-state index in [1.807, 2.05) is 74.8 Å². The molecular formula is C60H88N2O12. The molecule has 3 fully saturated rings. The average Bonchev–Trinajstić information content (AvgIpc) is 4.36. The van der Waals surface area contributed by atoms with Gasteiger partial charge in [-0.1, -0.05) is 120 Å². The molecular weight excluding hydrogens is 941 g/mol. The van der Waals surface area contributed by atoms with Gasteiger partial charge < -0.3 is 37.9 Å². The molecule has 74 heavy (non-hydrogen) atoms. The van der Waals surface area contributed by atoms with Crippen LogP contribution in [-0.2, 0) is 54.0 Å². The number of aryl methyl sites for hydroxylation is 4. The highest BCUT2D eigenvalue weighted by Crippen LogP contribution is 2.31. The lowest BCUT2D eigenvalue weighted by Gasteiger charge is -2.25. The standard InChI is InChI=1S/C15H22N2O3.C15H20O4.C15H20O3.C15H26O2/c1-12-16-9-13(10-17-12)7-5-3-2-4-6-8-19-15(18)14-11-20-14;1-12-5-7-13(8-6-12)17-9-3-2-4-10-18-15(16)14-11-19-14;1-3-15(16)18-12-6-4-5-11-17-14-9-7-13(2)8-10-14;1-3-15(16)17-12-6-4-5-7-14-10-8-13(2)9-11-14/h9-10,14H,2-8,11H2,1H3;5-8,14H,2-4,9-11H2,1H3;3,7-10H,1,4-6,11-12H2,2H3;3,13-14H,1,4-12H2,2H3. The maximum absolute atomic E-state index is 11.2. The fraction of sp³-hybridized carbons (Fsp3) is 0.600. The summed E-state index contributed by atoms with van der Waals surface area (Å²) in [7, 11) is 0. The summed E-state index contributed by atoms with van der Waals surface area (Å²) in [5, 5.41) is 0. The molecule has 2 saturated heterocycles. The van der Waals surface area contributed by atoms with Crippen molar-refractivity contribution in [1.29, 1.82) is 0 Å². The van der Waals surface area contributed by atoms with E-state index in [1.165, 1.54) is 86.6 Å². The van der Waals surface area contributed by atoms with Crippen LogP contribution in [0, 0.1) is 32.6 Å². The number of nitrogens with zero attached hydrogens (tertiary/aromatic N) is 2. The van der Waals surface area contributed by atoms with Crippen LogP contribution in [-0.4, -0.2) is 98.9 Å². The molecule has 3 aliphatic rings. The van der Waals surface area contributed by atoms with Gasteiger partial charge in [-0.05, 0) is 127 Å². The molecule has 1 aliphatic carbocycles. The number of rotatable bonds is 32. The van der Waals surface area contributed by atoms with Crippen molar-refractivity contribution in [3.63, 3.8) is 0 Å². The van der Waals surface area contributed by atoms with Gasteiger partial charge in [-0.15, -0.1) is 0 Å². The van der Waals surface area contributed by atoms with Gasteiger partial charge in [-0.2, -0.15) is 0 Å². The number of epoxide rings is 2. The highest BCUT2D eigenvalue weighted by Gasteiger charge is 2.33. The van der Waals surface area contributed by atoms with Gasteiger partial charge in [-0.25, -0.2) is 29.1 Å². The number of benzene rings is 2. The van der Waals surface area contributed by atoms with Crippen LogP contribution in [0.4, 0.5) is 0 Å². The monoisotopic (exact) mass is 1030 g/mol. The van der Waals surface area contributed by atoms with E-state index in [-0.39, 0.29) is 36.1 Å². The van der Waals surface area contributed by atoms with Gasteiger partial charge in [0, 0.05) is 24.5 Å². The lowest BCUT2D eigenvalue weighted by molar-refractivity contribution is -0.146. The first-order valence-corrected chi connectivity index (χ1v) is 27.3. The van der Waals surface area contributed by atoms with Crippen LogP contribution >= 0.6 is 0 Å². The minimum atomic E-state index is -0.356. The lowest BCUT2D eigenvalue weighted by atomic mass is 9.80. The van der Waals surface area contributed by atoms with Crippen molar-refractivity contribution in [2.45, 2.75) is 168 Å². The molecule has 6 rings (SSSR count). The normalized spacial score (nSPS) is 16.9. The van der Waals surface area contributed by atoms with E-state index in [4.69, 9.17) is 37.9 Å². The third-order valence-corrected chi connectivity index (χ3v) is 12.5.